The summed E-state index contributed by atoms with van der Waals surface area (Å²) in [5, 5.41) is 33.0. The molecular weight excluding hydrogens is 570 g/mol. The Kier molecular flexibility index (Phi) is 35.3. The summed E-state index contributed by atoms with van der Waals surface area (Å²) in [6, 6.07) is -0.763. The summed E-state index contributed by atoms with van der Waals surface area (Å²) in [6.07, 6.45) is 44.3. The fraction of sp³-hybridized carbons (Fsp3) is 0.829. The summed E-state index contributed by atoms with van der Waals surface area (Å²) in [4.78, 5) is 12.4. The average molecular weight is 648 g/mol. The lowest BCUT2D eigenvalue weighted by Gasteiger charge is -2.21. The second-order valence-corrected chi connectivity index (χ2v) is 13.5. The SMILES string of the molecule is CCC/C=C/CC/C=C/CC/C=C/C(O)C(CO)NC(=O)CC(O)CCCCCCCCCCCCCCCCCCCCCC. The largest absolute Gasteiger partial charge is 0.394 e. The number of unbranched alkanes of at least 4 members (excludes halogenated alkanes) is 22. The Hall–Kier alpha value is -1.43. The van der Waals surface area contributed by atoms with Gasteiger partial charge in [0.2, 0.25) is 5.91 Å². The highest BCUT2D eigenvalue weighted by Crippen LogP contribution is 2.16. The van der Waals surface area contributed by atoms with Crippen LogP contribution in [0.15, 0.2) is 36.5 Å². The molecule has 5 heteroatoms. The first kappa shape index (κ1) is 44.6. The maximum absolute atomic E-state index is 12.4. The number of allylic oxidation sites excluding steroid dienone is 5. The number of aliphatic hydroxyl groups excluding tert-OH is 3. The molecule has 5 nitrogen and oxygen atoms in total. The summed E-state index contributed by atoms with van der Waals surface area (Å²) in [7, 11) is 0. The van der Waals surface area contributed by atoms with Gasteiger partial charge in [-0.2, -0.15) is 0 Å². The van der Waals surface area contributed by atoms with E-state index in [1.807, 2.05) is 6.08 Å². The normalized spacial score (nSPS) is 14.1. The van der Waals surface area contributed by atoms with Gasteiger partial charge in [0.1, 0.15) is 0 Å². The predicted octanol–water partition coefficient (Wildman–Crippen LogP) is 10.8. The van der Waals surface area contributed by atoms with Crippen LogP contribution in [0.3, 0.4) is 0 Å². The standard InChI is InChI=1S/C41H77NO4/c1-3-5-7-9-11-13-15-16-17-18-19-20-21-22-23-25-26-28-30-32-34-38(44)36-41(46)42-39(37-43)40(45)35-33-31-29-27-24-14-12-10-8-6-4-2/h8,10,24,27,33,35,38-40,43-45H,3-7,9,11-23,25-26,28-32,34,36-37H2,1-2H3,(H,42,46)/b10-8+,27-24+,35-33+. The fourth-order valence-corrected chi connectivity index (χ4v) is 5.85. The Morgan fingerprint density at radius 2 is 0.935 bits per heavy atom. The molecule has 0 saturated heterocycles. The molecule has 1 amide bonds. The lowest BCUT2D eigenvalue weighted by Crippen LogP contribution is -2.45. The minimum atomic E-state index is -0.955. The molecule has 0 aromatic carbocycles. The molecule has 0 aliphatic heterocycles. The molecule has 3 unspecified atom stereocenters. The van der Waals surface area contributed by atoms with Gasteiger partial charge in [0.15, 0.2) is 0 Å². The van der Waals surface area contributed by atoms with E-state index in [2.05, 4.69) is 43.5 Å². The quantitative estimate of drug-likeness (QED) is 0.0407. The number of hydrogen-bond acceptors (Lipinski definition) is 4. The summed E-state index contributed by atoms with van der Waals surface area (Å²) < 4.78 is 0. The zero-order valence-electron chi connectivity index (χ0n) is 30.5. The maximum Gasteiger partial charge on any atom is 0.222 e. The van der Waals surface area contributed by atoms with Crippen molar-refractivity contribution in [1.82, 2.24) is 5.32 Å². The van der Waals surface area contributed by atoms with Crippen LogP contribution in [0, 0.1) is 0 Å². The van der Waals surface area contributed by atoms with Crippen molar-refractivity contribution in [3.8, 4) is 0 Å². The van der Waals surface area contributed by atoms with Gasteiger partial charge < -0.3 is 20.6 Å². The van der Waals surface area contributed by atoms with Gasteiger partial charge in [-0.1, -0.05) is 185 Å². The molecule has 0 radical (unpaired) electrons. The number of carbonyl (C=O) groups excluding carboxylic acids is 1. The molecule has 0 rings (SSSR count). The van der Waals surface area contributed by atoms with Gasteiger partial charge in [-0.3, -0.25) is 4.79 Å². The number of hydrogen-bond donors (Lipinski definition) is 4. The van der Waals surface area contributed by atoms with Crippen LogP contribution in [-0.2, 0) is 4.79 Å². The van der Waals surface area contributed by atoms with Crippen molar-refractivity contribution in [2.24, 2.45) is 0 Å². The molecule has 0 spiro atoms. The van der Waals surface area contributed by atoms with E-state index in [1.54, 1.807) is 6.08 Å². The van der Waals surface area contributed by atoms with Gasteiger partial charge in [-0.25, -0.2) is 0 Å². The molecule has 0 heterocycles. The van der Waals surface area contributed by atoms with Crippen molar-refractivity contribution in [2.45, 2.75) is 212 Å². The highest BCUT2D eigenvalue weighted by Gasteiger charge is 2.20. The zero-order valence-corrected chi connectivity index (χ0v) is 30.5. The van der Waals surface area contributed by atoms with Crippen LogP contribution >= 0.6 is 0 Å². The third-order valence-corrected chi connectivity index (χ3v) is 8.89. The third kappa shape index (κ3) is 32.5. The van der Waals surface area contributed by atoms with Crippen LogP contribution in [0.2, 0.25) is 0 Å². The minimum absolute atomic E-state index is 0.00445. The van der Waals surface area contributed by atoms with E-state index in [-0.39, 0.29) is 18.9 Å². The number of aliphatic hydroxyl groups is 3. The Labute approximate surface area is 285 Å². The zero-order chi connectivity index (χ0) is 33.8. The highest BCUT2D eigenvalue weighted by molar-refractivity contribution is 5.76. The van der Waals surface area contributed by atoms with E-state index in [9.17, 15) is 20.1 Å². The lowest BCUT2D eigenvalue weighted by atomic mass is 10.0. The number of nitrogens with one attached hydrogen (secondary N) is 1. The Morgan fingerprint density at radius 1 is 0.543 bits per heavy atom. The van der Waals surface area contributed by atoms with Crippen LogP contribution in [0.5, 0.6) is 0 Å². The molecule has 0 aliphatic carbocycles. The molecular formula is C41H77NO4. The van der Waals surface area contributed by atoms with Crippen LogP contribution < -0.4 is 5.32 Å². The first-order valence-corrected chi connectivity index (χ1v) is 19.8. The molecule has 4 N–H and O–H groups in total. The second kappa shape index (κ2) is 36.4. The summed E-state index contributed by atoms with van der Waals surface area (Å²) in [5.74, 6) is -0.330. The summed E-state index contributed by atoms with van der Waals surface area (Å²) >= 11 is 0. The molecule has 0 bridgehead atoms. The van der Waals surface area contributed by atoms with Crippen LogP contribution in [-0.4, -0.2) is 46.1 Å². The molecule has 270 valence electrons. The van der Waals surface area contributed by atoms with Gasteiger partial charge in [-0.05, 0) is 38.5 Å². The van der Waals surface area contributed by atoms with E-state index < -0.39 is 18.2 Å². The van der Waals surface area contributed by atoms with Gasteiger partial charge in [0.25, 0.3) is 0 Å². The maximum atomic E-state index is 12.4. The van der Waals surface area contributed by atoms with Crippen molar-refractivity contribution in [3.63, 3.8) is 0 Å². The van der Waals surface area contributed by atoms with Crippen molar-refractivity contribution >= 4 is 5.91 Å². The van der Waals surface area contributed by atoms with E-state index in [1.165, 1.54) is 122 Å². The van der Waals surface area contributed by atoms with Crippen LogP contribution in [0.25, 0.3) is 0 Å². The Balaban J connectivity index is 3.67. The topological polar surface area (TPSA) is 89.8 Å². The van der Waals surface area contributed by atoms with Crippen molar-refractivity contribution in [1.29, 1.82) is 0 Å². The molecule has 3 atom stereocenters. The molecule has 0 aromatic rings. The first-order chi connectivity index (χ1) is 22.5. The molecule has 0 fully saturated rings. The number of amides is 1. The average Bonchev–Trinajstić information content (AvgIpc) is 3.05. The van der Waals surface area contributed by atoms with E-state index in [0.29, 0.717) is 6.42 Å². The lowest BCUT2D eigenvalue weighted by molar-refractivity contribution is -0.124. The van der Waals surface area contributed by atoms with Crippen molar-refractivity contribution in [3.05, 3.63) is 36.5 Å². The number of rotatable bonds is 35. The van der Waals surface area contributed by atoms with Gasteiger partial charge in [0, 0.05) is 0 Å². The third-order valence-electron chi connectivity index (χ3n) is 8.89. The van der Waals surface area contributed by atoms with Gasteiger partial charge >= 0.3 is 0 Å². The molecule has 46 heavy (non-hydrogen) atoms. The van der Waals surface area contributed by atoms with Gasteiger partial charge in [0.05, 0.1) is 31.3 Å². The molecule has 0 aliphatic rings. The van der Waals surface area contributed by atoms with Crippen LogP contribution in [0.1, 0.15) is 194 Å². The summed E-state index contributed by atoms with van der Waals surface area (Å²) in [6.45, 7) is 4.12. The van der Waals surface area contributed by atoms with Crippen molar-refractivity contribution in [2.75, 3.05) is 6.61 Å². The smallest absolute Gasteiger partial charge is 0.222 e. The van der Waals surface area contributed by atoms with E-state index in [0.717, 1.165) is 44.9 Å². The Morgan fingerprint density at radius 3 is 1.35 bits per heavy atom. The summed E-state index contributed by atoms with van der Waals surface area (Å²) in [5.41, 5.74) is 0. The fourth-order valence-electron chi connectivity index (χ4n) is 5.85. The molecule has 0 saturated carbocycles. The predicted molar refractivity (Wildman–Crippen MR) is 199 cm³/mol. The van der Waals surface area contributed by atoms with E-state index >= 15 is 0 Å². The monoisotopic (exact) mass is 648 g/mol. The van der Waals surface area contributed by atoms with Gasteiger partial charge in [-0.15, -0.1) is 0 Å². The highest BCUT2D eigenvalue weighted by atomic mass is 16.3. The van der Waals surface area contributed by atoms with Crippen LogP contribution in [0.4, 0.5) is 0 Å². The Bertz CT molecular complexity index is 719. The second-order valence-electron chi connectivity index (χ2n) is 13.5. The number of carbonyl (C=O) groups is 1. The first-order valence-electron chi connectivity index (χ1n) is 19.8. The van der Waals surface area contributed by atoms with Crippen molar-refractivity contribution < 1.29 is 20.1 Å². The van der Waals surface area contributed by atoms with E-state index in [4.69, 9.17) is 0 Å². The molecule has 0 aromatic heterocycles. The minimum Gasteiger partial charge on any atom is -0.394 e.